The van der Waals surface area contributed by atoms with Crippen LogP contribution in [0.25, 0.3) is 0 Å². The molecule has 4 heteroatoms. The minimum Gasteiger partial charge on any atom is -0.390 e. The molecule has 2 atom stereocenters. The Morgan fingerprint density at radius 2 is 1.78 bits per heavy atom. The summed E-state index contributed by atoms with van der Waals surface area (Å²) >= 11 is 0. The normalized spacial score (nSPS) is 37.2. The topological polar surface area (TPSA) is 41.9 Å². The first-order valence-electron chi connectivity index (χ1n) is 7.08. The molecule has 2 rings (SSSR count). The molecule has 0 saturated carbocycles. The van der Waals surface area contributed by atoms with Crippen molar-refractivity contribution in [3.8, 4) is 0 Å². The summed E-state index contributed by atoms with van der Waals surface area (Å²) < 4.78 is 10.4. The zero-order valence-electron chi connectivity index (χ0n) is 11.9. The molecule has 2 aliphatic rings. The number of aliphatic hydroxyl groups is 1. The highest BCUT2D eigenvalue weighted by Crippen LogP contribution is 2.40. The Bertz CT molecular complexity index is 254. The van der Waals surface area contributed by atoms with Gasteiger partial charge >= 0.3 is 0 Å². The van der Waals surface area contributed by atoms with Crippen LogP contribution >= 0.6 is 0 Å². The highest BCUT2D eigenvalue weighted by atomic mass is 16.7. The van der Waals surface area contributed by atoms with Gasteiger partial charge in [0.05, 0.1) is 5.60 Å². The Morgan fingerprint density at radius 3 is 2.28 bits per heavy atom. The maximum Gasteiger partial charge on any atom is 0.156 e. The Labute approximate surface area is 110 Å². The standard InChI is InChI=1S/C14H27NO3/c1-15-11-5-4-6-12(15)10-14(16,9-11)8-7-13(17-2)18-3/h11-13,16H,4-10H2,1-3H3. The van der Waals surface area contributed by atoms with Crippen LogP contribution in [0.5, 0.6) is 0 Å². The third kappa shape index (κ3) is 3.05. The van der Waals surface area contributed by atoms with E-state index in [9.17, 15) is 5.11 Å². The van der Waals surface area contributed by atoms with E-state index in [1.165, 1.54) is 19.3 Å². The number of fused-ring (bicyclic) bond motifs is 2. The van der Waals surface area contributed by atoms with E-state index in [0.717, 1.165) is 25.7 Å². The summed E-state index contributed by atoms with van der Waals surface area (Å²) in [6.07, 6.45) is 6.94. The zero-order valence-corrected chi connectivity index (χ0v) is 11.9. The zero-order chi connectivity index (χ0) is 13.2. The second kappa shape index (κ2) is 5.87. The summed E-state index contributed by atoms with van der Waals surface area (Å²) in [6.45, 7) is 0. The van der Waals surface area contributed by atoms with Crippen molar-refractivity contribution in [3.63, 3.8) is 0 Å². The van der Waals surface area contributed by atoms with Crippen LogP contribution in [0, 0.1) is 0 Å². The first-order valence-corrected chi connectivity index (χ1v) is 7.08. The van der Waals surface area contributed by atoms with Crippen molar-refractivity contribution >= 4 is 0 Å². The van der Waals surface area contributed by atoms with Crippen molar-refractivity contribution in [1.29, 1.82) is 0 Å². The van der Waals surface area contributed by atoms with Gasteiger partial charge in [0.15, 0.2) is 6.29 Å². The number of piperidine rings is 2. The lowest BCUT2D eigenvalue weighted by molar-refractivity contribution is -0.133. The quantitative estimate of drug-likeness (QED) is 0.762. The summed E-state index contributed by atoms with van der Waals surface area (Å²) in [5.41, 5.74) is -0.516. The van der Waals surface area contributed by atoms with Gasteiger partial charge in [-0.25, -0.2) is 0 Å². The number of hydrogen-bond acceptors (Lipinski definition) is 4. The lowest BCUT2D eigenvalue weighted by Gasteiger charge is -2.51. The summed E-state index contributed by atoms with van der Waals surface area (Å²) in [7, 11) is 5.52. The third-order valence-corrected chi connectivity index (χ3v) is 4.83. The Hall–Kier alpha value is -0.160. The molecule has 0 aliphatic carbocycles. The molecule has 0 aromatic carbocycles. The van der Waals surface area contributed by atoms with Crippen LogP contribution in [0.2, 0.25) is 0 Å². The number of rotatable bonds is 5. The van der Waals surface area contributed by atoms with Gasteiger partial charge in [-0.2, -0.15) is 0 Å². The maximum absolute atomic E-state index is 10.8. The van der Waals surface area contributed by atoms with E-state index < -0.39 is 5.60 Å². The molecule has 2 fully saturated rings. The Morgan fingerprint density at radius 1 is 1.22 bits per heavy atom. The van der Waals surface area contributed by atoms with Crippen molar-refractivity contribution in [2.75, 3.05) is 21.3 Å². The largest absolute Gasteiger partial charge is 0.390 e. The lowest BCUT2D eigenvalue weighted by atomic mass is 9.74. The SMILES string of the molecule is COC(CCC1(O)CC2CCCC(C1)N2C)OC. The molecule has 18 heavy (non-hydrogen) atoms. The minimum atomic E-state index is -0.516. The van der Waals surface area contributed by atoms with E-state index in [2.05, 4.69) is 11.9 Å². The van der Waals surface area contributed by atoms with Gasteiger partial charge in [-0.15, -0.1) is 0 Å². The number of hydrogen-bond donors (Lipinski definition) is 1. The lowest BCUT2D eigenvalue weighted by Crippen LogP contribution is -2.56. The van der Waals surface area contributed by atoms with Gasteiger partial charge in [0.1, 0.15) is 0 Å². The molecular formula is C14H27NO3. The van der Waals surface area contributed by atoms with Crippen molar-refractivity contribution < 1.29 is 14.6 Å². The summed E-state index contributed by atoms with van der Waals surface area (Å²) in [5, 5.41) is 10.8. The number of methoxy groups -OCH3 is 2. The molecule has 4 nitrogen and oxygen atoms in total. The van der Waals surface area contributed by atoms with E-state index >= 15 is 0 Å². The van der Waals surface area contributed by atoms with Crippen LogP contribution in [0.15, 0.2) is 0 Å². The van der Waals surface area contributed by atoms with Gasteiger partial charge in [-0.05, 0) is 39.2 Å². The van der Waals surface area contributed by atoms with Gasteiger partial charge in [0.2, 0.25) is 0 Å². The molecule has 0 aromatic heterocycles. The van der Waals surface area contributed by atoms with E-state index in [1.807, 2.05) is 0 Å². The van der Waals surface area contributed by atoms with Crippen LogP contribution in [-0.4, -0.2) is 55.2 Å². The molecule has 106 valence electrons. The van der Waals surface area contributed by atoms with Gasteiger partial charge < -0.3 is 19.5 Å². The van der Waals surface area contributed by atoms with Crippen molar-refractivity contribution in [1.82, 2.24) is 4.90 Å². The average Bonchev–Trinajstić information content (AvgIpc) is 2.33. The van der Waals surface area contributed by atoms with Crippen LogP contribution in [0.1, 0.15) is 44.9 Å². The summed E-state index contributed by atoms with van der Waals surface area (Å²) in [5.74, 6) is 0. The van der Waals surface area contributed by atoms with Crippen molar-refractivity contribution in [2.45, 2.75) is 68.9 Å². The number of nitrogens with zero attached hydrogens (tertiary/aromatic N) is 1. The molecule has 0 amide bonds. The van der Waals surface area contributed by atoms with Crippen molar-refractivity contribution in [3.05, 3.63) is 0 Å². The predicted molar refractivity (Wildman–Crippen MR) is 70.4 cm³/mol. The van der Waals surface area contributed by atoms with Gasteiger partial charge in [0.25, 0.3) is 0 Å². The monoisotopic (exact) mass is 257 g/mol. The first kappa shape index (κ1) is 14.3. The molecule has 2 unspecified atom stereocenters. The fourth-order valence-electron chi connectivity index (χ4n) is 3.67. The molecule has 2 heterocycles. The highest BCUT2D eigenvalue weighted by Gasteiger charge is 2.43. The maximum atomic E-state index is 10.8. The molecule has 2 saturated heterocycles. The van der Waals surface area contributed by atoms with E-state index in [4.69, 9.17) is 9.47 Å². The molecule has 0 spiro atoms. The smallest absolute Gasteiger partial charge is 0.156 e. The molecule has 1 N–H and O–H groups in total. The van der Waals surface area contributed by atoms with Gasteiger partial charge in [-0.1, -0.05) is 6.42 Å². The Kier molecular flexibility index (Phi) is 4.64. The summed E-state index contributed by atoms with van der Waals surface area (Å²) in [4.78, 5) is 2.47. The predicted octanol–water partition coefficient (Wildman–Crippen LogP) is 1.76. The third-order valence-electron chi connectivity index (χ3n) is 4.83. The fraction of sp³-hybridized carbons (Fsp3) is 1.00. The second-order valence-electron chi connectivity index (χ2n) is 5.98. The van der Waals surface area contributed by atoms with E-state index in [1.54, 1.807) is 14.2 Å². The number of ether oxygens (including phenoxy) is 2. The van der Waals surface area contributed by atoms with E-state index in [0.29, 0.717) is 12.1 Å². The summed E-state index contributed by atoms with van der Waals surface area (Å²) in [6, 6.07) is 1.12. The second-order valence-corrected chi connectivity index (χ2v) is 5.98. The van der Waals surface area contributed by atoms with Gasteiger partial charge in [0, 0.05) is 32.7 Å². The highest BCUT2D eigenvalue weighted by molar-refractivity contribution is 4.98. The molecule has 2 aliphatic heterocycles. The van der Waals surface area contributed by atoms with Crippen LogP contribution in [-0.2, 0) is 9.47 Å². The minimum absolute atomic E-state index is 0.187. The van der Waals surface area contributed by atoms with Crippen LogP contribution < -0.4 is 0 Å². The molecule has 2 bridgehead atoms. The molecule has 0 aromatic rings. The van der Waals surface area contributed by atoms with E-state index in [-0.39, 0.29) is 6.29 Å². The molecular weight excluding hydrogens is 230 g/mol. The average molecular weight is 257 g/mol. The van der Waals surface area contributed by atoms with Gasteiger partial charge in [-0.3, -0.25) is 0 Å². The molecule has 0 radical (unpaired) electrons. The first-order chi connectivity index (χ1) is 8.58. The van der Waals surface area contributed by atoms with Crippen molar-refractivity contribution in [2.24, 2.45) is 0 Å². The van der Waals surface area contributed by atoms with Crippen LogP contribution in [0.4, 0.5) is 0 Å². The Balaban J connectivity index is 1.91. The fourth-order valence-corrected chi connectivity index (χ4v) is 3.67. The van der Waals surface area contributed by atoms with Crippen LogP contribution in [0.3, 0.4) is 0 Å².